The summed E-state index contributed by atoms with van der Waals surface area (Å²) in [4.78, 5) is 37.1. The highest BCUT2D eigenvalue weighted by Crippen LogP contribution is 2.33. The van der Waals surface area contributed by atoms with Crippen molar-refractivity contribution in [1.82, 2.24) is 25.0 Å². The molecule has 10 heteroatoms. The van der Waals surface area contributed by atoms with Gasteiger partial charge in [0.25, 0.3) is 0 Å². The van der Waals surface area contributed by atoms with Crippen molar-refractivity contribution in [1.29, 1.82) is 0 Å². The first kappa shape index (κ1) is 27.1. The third-order valence-corrected chi connectivity index (χ3v) is 7.65. The molecule has 1 aliphatic rings. The molecule has 0 saturated carbocycles. The standard InChI is InChI=1S/C32H30N6O4/c1-37-11-13-38(14-12-37)28(39)15-20-3-8-25(9-4-20)35-30(21-5-6-23-18-33-34-19-24(23)16-21)29-26-10-7-22(32(41)42-2)17-27(26)36-31(29)40/h3-10,16-19,36,40H,11-15H2,1-2H3. The number of aromatic nitrogens is 3. The Morgan fingerprint density at radius 2 is 1.64 bits per heavy atom. The molecule has 3 aromatic carbocycles. The highest BCUT2D eigenvalue weighted by Gasteiger charge is 2.21. The minimum absolute atomic E-state index is 0.0758. The first-order valence-electron chi connectivity index (χ1n) is 13.7. The predicted octanol–water partition coefficient (Wildman–Crippen LogP) is 4.09. The van der Waals surface area contributed by atoms with Crippen LogP contribution >= 0.6 is 0 Å². The number of aromatic hydroxyl groups is 1. The Kier molecular flexibility index (Phi) is 7.37. The summed E-state index contributed by atoms with van der Waals surface area (Å²) in [6.45, 7) is 3.25. The number of aromatic amines is 1. The number of esters is 1. The number of ether oxygens (including phenoxy) is 1. The van der Waals surface area contributed by atoms with Gasteiger partial charge in [0.1, 0.15) is 0 Å². The second-order valence-electron chi connectivity index (χ2n) is 10.4. The lowest BCUT2D eigenvalue weighted by molar-refractivity contribution is -0.132. The van der Waals surface area contributed by atoms with Crippen LogP contribution in [0.25, 0.3) is 21.7 Å². The third kappa shape index (κ3) is 5.44. The summed E-state index contributed by atoms with van der Waals surface area (Å²) in [6.07, 6.45) is 3.70. The van der Waals surface area contributed by atoms with E-state index in [0.717, 1.165) is 48.1 Å². The molecule has 6 rings (SSSR count). The number of nitrogens with one attached hydrogen (secondary N) is 1. The lowest BCUT2D eigenvalue weighted by Crippen LogP contribution is -2.47. The van der Waals surface area contributed by atoms with E-state index in [1.54, 1.807) is 30.6 Å². The Hall–Kier alpha value is -5.09. The molecule has 42 heavy (non-hydrogen) atoms. The topological polar surface area (TPSA) is 124 Å². The van der Waals surface area contributed by atoms with Gasteiger partial charge in [-0.25, -0.2) is 9.79 Å². The maximum atomic E-state index is 12.8. The van der Waals surface area contributed by atoms with Crippen molar-refractivity contribution in [3.05, 3.63) is 95.3 Å². The van der Waals surface area contributed by atoms with Crippen LogP contribution in [0.3, 0.4) is 0 Å². The molecule has 212 valence electrons. The molecule has 1 saturated heterocycles. The van der Waals surface area contributed by atoms with E-state index in [0.29, 0.717) is 39.8 Å². The number of aliphatic imine (C=N–C) groups is 1. The largest absolute Gasteiger partial charge is 0.494 e. The Labute approximate surface area is 242 Å². The lowest BCUT2D eigenvalue weighted by atomic mass is 9.98. The molecule has 5 aromatic rings. The van der Waals surface area contributed by atoms with Crippen LogP contribution < -0.4 is 0 Å². The second kappa shape index (κ2) is 11.4. The summed E-state index contributed by atoms with van der Waals surface area (Å²) < 4.78 is 4.86. The van der Waals surface area contributed by atoms with Gasteiger partial charge < -0.3 is 24.6 Å². The smallest absolute Gasteiger partial charge is 0.337 e. The summed E-state index contributed by atoms with van der Waals surface area (Å²) in [5, 5.41) is 21.6. The molecular formula is C32H30N6O4. The first-order valence-corrected chi connectivity index (χ1v) is 13.7. The van der Waals surface area contributed by atoms with Crippen LogP contribution in [-0.4, -0.2) is 88.0 Å². The Morgan fingerprint density at radius 3 is 2.38 bits per heavy atom. The van der Waals surface area contributed by atoms with Gasteiger partial charge in [-0.1, -0.05) is 30.3 Å². The minimum atomic E-state index is -0.469. The monoisotopic (exact) mass is 562 g/mol. The second-order valence-corrected chi connectivity index (χ2v) is 10.4. The number of hydrogen-bond donors (Lipinski definition) is 2. The molecule has 0 aliphatic carbocycles. The number of carbonyl (C=O) groups is 2. The van der Waals surface area contributed by atoms with Crippen LogP contribution in [0.4, 0.5) is 5.69 Å². The number of H-pyrrole nitrogens is 1. The van der Waals surface area contributed by atoms with Crippen molar-refractivity contribution in [3.63, 3.8) is 0 Å². The quantitative estimate of drug-likeness (QED) is 0.236. The van der Waals surface area contributed by atoms with Crippen molar-refractivity contribution in [3.8, 4) is 5.88 Å². The molecule has 0 bridgehead atoms. The summed E-state index contributed by atoms with van der Waals surface area (Å²) in [5.41, 5.74) is 4.30. The van der Waals surface area contributed by atoms with Crippen LogP contribution in [0, 0.1) is 0 Å². The van der Waals surface area contributed by atoms with E-state index in [4.69, 9.17) is 9.73 Å². The van der Waals surface area contributed by atoms with Crippen molar-refractivity contribution < 1.29 is 19.4 Å². The summed E-state index contributed by atoms with van der Waals surface area (Å²) in [6, 6.07) is 18.5. The van der Waals surface area contributed by atoms with Crippen LogP contribution in [-0.2, 0) is 16.0 Å². The van der Waals surface area contributed by atoms with E-state index in [-0.39, 0.29) is 11.8 Å². The van der Waals surface area contributed by atoms with E-state index in [2.05, 4.69) is 27.1 Å². The van der Waals surface area contributed by atoms with Crippen molar-refractivity contribution in [2.24, 2.45) is 4.99 Å². The number of methoxy groups -OCH3 is 1. The zero-order valence-electron chi connectivity index (χ0n) is 23.4. The molecule has 1 amide bonds. The van der Waals surface area contributed by atoms with E-state index < -0.39 is 5.97 Å². The van der Waals surface area contributed by atoms with E-state index in [9.17, 15) is 14.7 Å². The van der Waals surface area contributed by atoms with E-state index >= 15 is 0 Å². The van der Waals surface area contributed by atoms with Gasteiger partial charge in [-0.05, 0) is 42.9 Å². The Morgan fingerprint density at radius 1 is 0.929 bits per heavy atom. The van der Waals surface area contributed by atoms with Gasteiger partial charge in [-0.2, -0.15) is 10.2 Å². The summed E-state index contributed by atoms with van der Waals surface area (Å²) >= 11 is 0. The zero-order valence-corrected chi connectivity index (χ0v) is 23.4. The SMILES string of the molecule is COC(=O)c1ccc2c(C(=Nc3ccc(CC(=O)N4CCN(C)CC4)cc3)c3ccc4cnncc4c3)c(O)[nH]c2c1. The molecule has 2 aromatic heterocycles. The maximum Gasteiger partial charge on any atom is 0.337 e. The van der Waals surface area contributed by atoms with Gasteiger partial charge in [0.2, 0.25) is 5.91 Å². The number of carbonyl (C=O) groups excluding carboxylic acids is 2. The fourth-order valence-electron chi connectivity index (χ4n) is 5.23. The minimum Gasteiger partial charge on any atom is -0.494 e. The number of amides is 1. The average Bonchev–Trinajstić information content (AvgIpc) is 3.34. The van der Waals surface area contributed by atoms with Crippen molar-refractivity contribution >= 4 is 45.0 Å². The Bertz CT molecular complexity index is 1820. The molecule has 1 fully saturated rings. The number of fused-ring (bicyclic) bond motifs is 2. The summed E-state index contributed by atoms with van der Waals surface area (Å²) in [7, 11) is 3.39. The van der Waals surface area contributed by atoms with Gasteiger partial charge >= 0.3 is 5.97 Å². The van der Waals surface area contributed by atoms with Crippen LogP contribution in [0.1, 0.15) is 27.0 Å². The van der Waals surface area contributed by atoms with Crippen LogP contribution in [0.15, 0.2) is 78.0 Å². The van der Waals surface area contributed by atoms with Crippen molar-refractivity contribution in [2.45, 2.75) is 6.42 Å². The number of nitrogens with zero attached hydrogens (tertiary/aromatic N) is 5. The van der Waals surface area contributed by atoms with Gasteiger partial charge in [-0.15, -0.1) is 0 Å². The molecule has 0 spiro atoms. The van der Waals surface area contributed by atoms with E-state index in [1.165, 1.54) is 7.11 Å². The average molecular weight is 563 g/mol. The number of benzene rings is 3. The van der Waals surface area contributed by atoms with Gasteiger partial charge in [0, 0.05) is 53.4 Å². The molecule has 0 atom stereocenters. The Balaban J connectivity index is 1.38. The third-order valence-electron chi connectivity index (χ3n) is 7.65. The first-order chi connectivity index (χ1) is 20.4. The highest BCUT2D eigenvalue weighted by atomic mass is 16.5. The molecule has 1 aliphatic heterocycles. The van der Waals surface area contributed by atoms with Gasteiger partial charge in [-0.3, -0.25) is 4.79 Å². The van der Waals surface area contributed by atoms with Gasteiger partial charge in [0.15, 0.2) is 5.88 Å². The summed E-state index contributed by atoms with van der Waals surface area (Å²) in [5.74, 6) is -0.425. The van der Waals surface area contributed by atoms with Crippen LogP contribution in [0.2, 0.25) is 0 Å². The molecule has 0 radical (unpaired) electrons. The fourth-order valence-corrected chi connectivity index (χ4v) is 5.23. The number of likely N-dealkylation sites (N-methyl/N-ethyl adjacent to an activating group) is 1. The van der Waals surface area contributed by atoms with Gasteiger partial charge in [0.05, 0.1) is 48.5 Å². The fraction of sp³-hybridized carbons (Fsp3) is 0.219. The highest BCUT2D eigenvalue weighted by molar-refractivity contribution is 6.22. The molecular weight excluding hydrogens is 532 g/mol. The zero-order chi connectivity index (χ0) is 29.2. The lowest BCUT2D eigenvalue weighted by Gasteiger charge is -2.32. The molecule has 3 heterocycles. The maximum absolute atomic E-state index is 12.8. The molecule has 2 N–H and O–H groups in total. The predicted molar refractivity (Wildman–Crippen MR) is 160 cm³/mol. The van der Waals surface area contributed by atoms with Crippen LogP contribution in [0.5, 0.6) is 5.88 Å². The number of rotatable bonds is 6. The van der Waals surface area contributed by atoms with Crippen molar-refractivity contribution in [2.75, 3.05) is 40.3 Å². The number of hydrogen-bond acceptors (Lipinski definition) is 8. The van der Waals surface area contributed by atoms with E-state index in [1.807, 2.05) is 47.4 Å². The molecule has 0 unspecified atom stereocenters. The normalized spacial score (nSPS) is 14.4. The molecule has 10 nitrogen and oxygen atoms in total. The number of piperazine rings is 1.